The average molecular weight is 350 g/mol. The van der Waals surface area contributed by atoms with Crippen LogP contribution in [-0.2, 0) is 11.3 Å². The molecule has 0 bridgehead atoms. The van der Waals surface area contributed by atoms with Crippen LogP contribution in [0.3, 0.4) is 0 Å². The van der Waals surface area contributed by atoms with E-state index in [2.05, 4.69) is 15.3 Å². The van der Waals surface area contributed by atoms with Gasteiger partial charge in [0, 0.05) is 28.8 Å². The number of aryl methyl sites for hydroxylation is 3. The van der Waals surface area contributed by atoms with Crippen molar-refractivity contribution in [2.75, 3.05) is 5.75 Å². The summed E-state index contributed by atoms with van der Waals surface area (Å²) in [6.45, 7) is 6.20. The van der Waals surface area contributed by atoms with Crippen molar-refractivity contribution in [2.45, 2.75) is 44.9 Å². The quantitative estimate of drug-likeness (QED) is 0.853. The highest BCUT2D eigenvalue weighted by Crippen LogP contribution is 2.31. The lowest BCUT2D eigenvalue weighted by Crippen LogP contribution is -2.30. The van der Waals surface area contributed by atoms with Gasteiger partial charge >= 0.3 is 0 Å². The van der Waals surface area contributed by atoms with Crippen LogP contribution >= 0.6 is 23.1 Å². The Morgan fingerprint density at radius 1 is 1.39 bits per heavy atom. The van der Waals surface area contributed by atoms with Crippen molar-refractivity contribution < 1.29 is 4.79 Å². The molecule has 0 saturated carbocycles. The highest BCUT2D eigenvalue weighted by Gasteiger charge is 2.27. The first-order chi connectivity index (χ1) is 10.9. The zero-order valence-electron chi connectivity index (χ0n) is 13.3. The predicted molar refractivity (Wildman–Crippen MR) is 91.0 cm³/mol. The van der Waals surface area contributed by atoms with E-state index in [-0.39, 0.29) is 17.5 Å². The van der Waals surface area contributed by atoms with Gasteiger partial charge in [-0.25, -0.2) is 9.97 Å². The fourth-order valence-corrected chi connectivity index (χ4v) is 4.69. The number of hydrogen-bond acceptors (Lipinski definition) is 6. The molecule has 6 nitrogen and oxygen atoms in total. The molecule has 0 aromatic carbocycles. The molecule has 0 spiro atoms. The van der Waals surface area contributed by atoms with E-state index >= 15 is 0 Å². The van der Waals surface area contributed by atoms with Crippen LogP contribution in [0.5, 0.6) is 0 Å². The molecule has 0 saturated heterocycles. The van der Waals surface area contributed by atoms with Crippen LogP contribution in [0.15, 0.2) is 16.0 Å². The Labute approximate surface area is 142 Å². The maximum absolute atomic E-state index is 12.2. The van der Waals surface area contributed by atoms with Crippen molar-refractivity contribution in [3.8, 4) is 0 Å². The fraction of sp³-hybridized carbons (Fsp3) is 0.467. The molecule has 0 fully saturated rings. The number of carbonyl (C=O) groups is 1. The molecular formula is C15H18N4O2S2. The number of nitrogens with zero attached hydrogens (tertiary/aromatic N) is 3. The number of rotatable bonds is 4. The summed E-state index contributed by atoms with van der Waals surface area (Å²) in [6, 6.07) is 1.39. The van der Waals surface area contributed by atoms with Crippen molar-refractivity contribution in [3.63, 3.8) is 0 Å². The third-order valence-electron chi connectivity index (χ3n) is 3.68. The maximum atomic E-state index is 12.2. The maximum Gasteiger partial charge on any atom is 0.254 e. The molecule has 1 amide bonds. The number of thiazole rings is 1. The lowest BCUT2D eigenvalue weighted by Gasteiger charge is -2.13. The zero-order chi connectivity index (χ0) is 16.6. The summed E-state index contributed by atoms with van der Waals surface area (Å²) < 4.78 is 1.64. The smallest absolute Gasteiger partial charge is 0.254 e. The van der Waals surface area contributed by atoms with E-state index < -0.39 is 0 Å². The molecule has 1 atom stereocenters. The first kappa shape index (κ1) is 16.2. The Bertz CT molecular complexity index is 812. The Balaban J connectivity index is 1.64. The van der Waals surface area contributed by atoms with Gasteiger partial charge in [-0.05, 0) is 20.8 Å². The lowest BCUT2D eigenvalue weighted by atomic mass is 10.2. The number of nitrogens with one attached hydrogen (secondary N) is 1. The van der Waals surface area contributed by atoms with Crippen LogP contribution in [0.25, 0.3) is 0 Å². The van der Waals surface area contributed by atoms with Crippen LogP contribution in [0.4, 0.5) is 0 Å². The minimum absolute atomic E-state index is 0.0543. The van der Waals surface area contributed by atoms with Crippen LogP contribution in [0, 0.1) is 20.8 Å². The highest BCUT2D eigenvalue weighted by atomic mass is 32.2. The van der Waals surface area contributed by atoms with Crippen molar-refractivity contribution in [3.05, 3.63) is 37.7 Å². The normalized spacial score (nSPS) is 16.4. The second-order valence-electron chi connectivity index (χ2n) is 5.58. The molecular weight excluding hydrogens is 332 g/mol. The van der Waals surface area contributed by atoms with Crippen LogP contribution in [0.1, 0.15) is 33.7 Å². The molecule has 1 N–H and O–H groups in total. The molecule has 3 heterocycles. The van der Waals surface area contributed by atoms with E-state index in [9.17, 15) is 9.59 Å². The van der Waals surface area contributed by atoms with E-state index in [0.717, 1.165) is 21.3 Å². The molecule has 3 rings (SSSR count). The van der Waals surface area contributed by atoms with Crippen molar-refractivity contribution in [1.29, 1.82) is 0 Å². The van der Waals surface area contributed by atoms with Gasteiger partial charge in [0.2, 0.25) is 5.91 Å². The number of hydrogen-bond donors (Lipinski definition) is 1. The van der Waals surface area contributed by atoms with Gasteiger partial charge in [0.15, 0.2) is 5.16 Å². The minimum Gasteiger partial charge on any atom is -0.351 e. The number of fused-ring (bicyclic) bond motifs is 1. The third kappa shape index (κ3) is 3.48. The molecule has 8 heteroatoms. The lowest BCUT2D eigenvalue weighted by molar-refractivity contribution is -0.121. The molecule has 0 aliphatic carbocycles. The van der Waals surface area contributed by atoms with Gasteiger partial charge in [-0.3, -0.25) is 14.2 Å². The van der Waals surface area contributed by atoms with E-state index in [1.165, 1.54) is 17.8 Å². The highest BCUT2D eigenvalue weighted by molar-refractivity contribution is 7.99. The topological polar surface area (TPSA) is 76.9 Å². The second-order valence-corrected chi connectivity index (χ2v) is 7.85. The van der Waals surface area contributed by atoms with Gasteiger partial charge in [0.1, 0.15) is 0 Å². The van der Waals surface area contributed by atoms with Crippen molar-refractivity contribution >= 4 is 29.0 Å². The predicted octanol–water partition coefficient (Wildman–Crippen LogP) is 1.98. The summed E-state index contributed by atoms with van der Waals surface area (Å²) in [5, 5.41) is 4.64. The number of amides is 1. The van der Waals surface area contributed by atoms with Crippen LogP contribution in [-0.4, -0.2) is 26.2 Å². The van der Waals surface area contributed by atoms with Crippen molar-refractivity contribution in [1.82, 2.24) is 19.9 Å². The Hall–Kier alpha value is -1.67. The van der Waals surface area contributed by atoms with Gasteiger partial charge in [-0.1, -0.05) is 11.8 Å². The molecule has 1 aliphatic heterocycles. The van der Waals surface area contributed by atoms with Gasteiger partial charge in [0.25, 0.3) is 5.56 Å². The fourth-order valence-electron chi connectivity index (χ4n) is 2.62. The van der Waals surface area contributed by atoms with Gasteiger partial charge < -0.3 is 5.32 Å². The summed E-state index contributed by atoms with van der Waals surface area (Å²) in [5.41, 5.74) is 1.60. The monoisotopic (exact) mass is 350 g/mol. The van der Waals surface area contributed by atoms with Gasteiger partial charge in [-0.2, -0.15) is 0 Å². The molecule has 2 aromatic heterocycles. The molecule has 0 radical (unpaired) electrons. The Morgan fingerprint density at radius 3 is 2.87 bits per heavy atom. The average Bonchev–Trinajstić information content (AvgIpc) is 3.00. The number of carbonyl (C=O) groups excluding carboxylic acids is 1. The molecule has 1 unspecified atom stereocenters. The molecule has 122 valence electrons. The molecule has 2 aromatic rings. The van der Waals surface area contributed by atoms with E-state index in [1.807, 2.05) is 20.8 Å². The van der Waals surface area contributed by atoms with E-state index in [4.69, 9.17) is 0 Å². The van der Waals surface area contributed by atoms with Crippen LogP contribution < -0.4 is 10.9 Å². The first-order valence-corrected chi connectivity index (χ1v) is 9.17. The Kier molecular flexibility index (Phi) is 4.54. The number of aromatic nitrogens is 3. The molecule has 23 heavy (non-hydrogen) atoms. The third-order valence-corrected chi connectivity index (χ3v) is 5.86. The minimum atomic E-state index is -0.125. The van der Waals surface area contributed by atoms with Gasteiger partial charge in [0.05, 0.1) is 23.3 Å². The SMILES string of the molecule is Cc1cc(=O)n2c(n1)SCC2CC(=O)NCc1sc(C)nc1C. The standard InChI is InChI=1S/C15H18N4O2S2/c1-8-4-14(21)19-11(7-22-15(19)17-8)5-13(20)16-6-12-9(2)18-10(3)23-12/h4,11H,5-7H2,1-3H3,(H,16,20). The summed E-state index contributed by atoms with van der Waals surface area (Å²) in [4.78, 5) is 34.1. The second kappa shape index (κ2) is 6.45. The summed E-state index contributed by atoms with van der Waals surface area (Å²) >= 11 is 3.13. The summed E-state index contributed by atoms with van der Waals surface area (Å²) in [6.07, 6.45) is 0.293. The van der Waals surface area contributed by atoms with Crippen molar-refractivity contribution in [2.24, 2.45) is 0 Å². The van der Waals surface area contributed by atoms with Gasteiger partial charge in [-0.15, -0.1) is 11.3 Å². The van der Waals surface area contributed by atoms with E-state index in [0.29, 0.717) is 23.9 Å². The Morgan fingerprint density at radius 2 is 2.17 bits per heavy atom. The first-order valence-electron chi connectivity index (χ1n) is 7.36. The van der Waals surface area contributed by atoms with E-state index in [1.54, 1.807) is 15.9 Å². The zero-order valence-corrected chi connectivity index (χ0v) is 14.9. The summed E-state index contributed by atoms with van der Waals surface area (Å²) in [5.74, 6) is 0.652. The molecule has 1 aliphatic rings. The summed E-state index contributed by atoms with van der Waals surface area (Å²) in [7, 11) is 0. The van der Waals surface area contributed by atoms with Crippen LogP contribution in [0.2, 0.25) is 0 Å². The largest absolute Gasteiger partial charge is 0.351 e. The number of thioether (sulfide) groups is 1.